The molecule has 2 aromatic carbocycles. The SMILES string of the molecule is CN(C/C=C(/C#Cc1ccc(-c2ccsc2)cc1)c1ccccc1)CC(=O)O. The Kier molecular flexibility index (Phi) is 6.80. The summed E-state index contributed by atoms with van der Waals surface area (Å²) >= 11 is 1.69. The van der Waals surface area contributed by atoms with Crippen molar-refractivity contribution in [2.45, 2.75) is 0 Å². The molecule has 0 bridgehead atoms. The molecule has 0 saturated carbocycles. The molecule has 0 amide bonds. The number of benzene rings is 2. The van der Waals surface area contributed by atoms with Crippen LogP contribution in [-0.2, 0) is 4.79 Å². The van der Waals surface area contributed by atoms with Gasteiger partial charge in [0.05, 0.1) is 6.54 Å². The summed E-state index contributed by atoms with van der Waals surface area (Å²) < 4.78 is 0. The van der Waals surface area contributed by atoms with Gasteiger partial charge in [0.25, 0.3) is 0 Å². The Hall–Kier alpha value is -3.13. The lowest BCUT2D eigenvalue weighted by Crippen LogP contribution is -2.25. The van der Waals surface area contributed by atoms with Crippen LogP contribution in [0.1, 0.15) is 11.1 Å². The van der Waals surface area contributed by atoms with E-state index in [9.17, 15) is 4.79 Å². The quantitative estimate of drug-likeness (QED) is 0.614. The van der Waals surface area contributed by atoms with E-state index in [1.54, 1.807) is 23.3 Å². The van der Waals surface area contributed by atoms with Gasteiger partial charge in [0.15, 0.2) is 0 Å². The lowest BCUT2D eigenvalue weighted by atomic mass is 10.0. The third-order valence-electron chi connectivity index (χ3n) is 4.18. The van der Waals surface area contributed by atoms with Crippen LogP contribution in [0.15, 0.2) is 77.5 Å². The largest absolute Gasteiger partial charge is 0.480 e. The summed E-state index contributed by atoms with van der Waals surface area (Å²) in [5.74, 6) is 5.65. The molecule has 3 nitrogen and oxygen atoms in total. The van der Waals surface area contributed by atoms with E-state index in [0.717, 1.165) is 16.7 Å². The molecule has 1 aromatic heterocycles. The number of hydrogen-bond acceptors (Lipinski definition) is 3. The number of allylic oxidation sites excluding steroid dienone is 1. The van der Waals surface area contributed by atoms with Crippen molar-refractivity contribution < 1.29 is 9.90 Å². The minimum atomic E-state index is -0.839. The highest BCUT2D eigenvalue weighted by atomic mass is 32.1. The topological polar surface area (TPSA) is 40.5 Å². The monoisotopic (exact) mass is 387 g/mol. The number of aliphatic carboxylic acids is 1. The first-order valence-corrected chi connectivity index (χ1v) is 9.86. The first kappa shape index (κ1) is 19.6. The molecule has 0 aliphatic carbocycles. The van der Waals surface area contributed by atoms with Crippen LogP contribution in [0.25, 0.3) is 16.7 Å². The molecule has 4 heteroatoms. The minimum Gasteiger partial charge on any atom is -0.480 e. The van der Waals surface area contributed by atoms with Crippen molar-refractivity contribution in [3.8, 4) is 23.0 Å². The Balaban J connectivity index is 1.81. The smallest absolute Gasteiger partial charge is 0.317 e. The van der Waals surface area contributed by atoms with Crippen molar-refractivity contribution in [3.63, 3.8) is 0 Å². The van der Waals surface area contributed by atoms with E-state index < -0.39 is 5.97 Å². The molecule has 28 heavy (non-hydrogen) atoms. The van der Waals surface area contributed by atoms with Gasteiger partial charge in [0, 0.05) is 17.7 Å². The number of carboxylic acids is 1. The fourth-order valence-electron chi connectivity index (χ4n) is 2.72. The molecule has 0 aliphatic rings. The summed E-state index contributed by atoms with van der Waals surface area (Å²) in [6, 6.07) is 20.3. The van der Waals surface area contributed by atoms with Crippen molar-refractivity contribution >= 4 is 22.9 Å². The van der Waals surface area contributed by atoms with Crippen molar-refractivity contribution in [2.75, 3.05) is 20.1 Å². The van der Waals surface area contributed by atoms with Crippen molar-refractivity contribution in [1.82, 2.24) is 4.90 Å². The van der Waals surface area contributed by atoms with Gasteiger partial charge in [-0.3, -0.25) is 9.69 Å². The van der Waals surface area contributed by atoms with E-state index in [4.69, 9.17) is 5.11 Å². The van der Waals surface area contributed by atoms with E-state index in [0.29, 0.717) is 6.54 Å². The second kappa shape index (κ2) is 9.70. The molecule has 3 rings (SSSR count). The molecule has 140 valence electrons. The summed E-state index contributed by atoms with van der Waals surface area (Å²) in [7, 11) is 1.78. The molecule has 1 N–H and O–H groups in total. The maximum atomic E-state index is 10.9. The van der Waals surface area contributed by atoms with Gasteiger partial charge in [-0.05, 0) is 52.7 Å². The van der Waals surface area contributed by atoms with Crippen LogP contribution in [0.5, 0.6) is 0 Å². The van der Waals surface area contributed by atoms with Gasteiger partial charge in [-0.2, -0.15) is 11.3 Å². The van der Waals surface area contributed by atoms with E-state index in [1.165, 1.54) is 11.1 Å². The number of hydrogen-bond donors (Lipinski definition) is 1. The predicted molar refractivity (Wildman–Crippen MR) is 116 cm³/mol. The van der Waals surface area contributed by atoms with Crippen LogP contribution < -0.4 is 0 Å². The minimum absolute atomic E-state index is 0.00393. The van der Waals surface area contributed by atoms with Crippen LogP contribution in [0.3, 0.4) is 0 Å². The molecule has 3 aromatic rings. The molecule has 0 aliphatic heterocycles. The average Bonchev–Trinajstić information content (AvgIpc) is 3.23. The number of likely N-dealkylation sites (N-methyl/N-ethyl adjacent to an activating group) is 1. The molecule has 0 fully saturated rings. The first-order valence-electron chi connectivity index (χ1n) is 8.92. The second-order valence-corrected chi connectivity index (χ2v) is 7.19. The lowest BCUT2D eigenvalue weighted by molar-refractivity contribution is -0.137. The van der Waals surface area contributed by atoms with Crippen LogP contribution in [-0.4, -0.2) is 36.1 Å². The molecule has 0 spiro atoms. The standard InChI is InChI=1S/C24H21NO2S/c1-25(17-24(26)27)15-13-22(20-5-3-2-4-6-20)12-9-19-7-10-21(11-8-19)23-14-16-28-18-23/h2-8,10-11,13-14,16,18H,15,17H2,1H3,(H,26,27)/b22-13-. The molecule has 0 radical (unpaired) electrons. The van der Waals surface area contributed by atoms with Crippen molar-refractivity contribution in [3.05, 3.63) is 88.6 Å². The summed E-state index contributed by atoms with van der Waals surface area (Å²) in [5, 5.41) is 13.1. The molecule has 0 saturated heterocycles. The molecule has 0 atom stereocenters. The second-order valence-electron chi connectivity index (χ2n) is 6.41. The number of nitrogens with zero attached hydrogens (tertiary/aromatic N) is 1. The number of carboxylic acid groups (broad SMARTS) is 1. The third-order valence-corrected chi connectivity index (χ3v) is 4.86. The number of carbonyl (C=O) groups is 1. The summed E-state index contributed by atoms with van der Waals surface area (Å²) in [6.45, 7) is 0.512. The van der Waals surface area contributed by atoms with E-state index >= 15 is 0 Å². The summed E-state index contributed by atoms with van der Waals surface area (Å²) in [4.78, 5) is 12.6. The zero-order valence-corrected chi connectivity index (χ0v) is 16.4. The van der Waals surface area contributed by atoms with Crippen LogP contribution in [0.2, 0.25) is 0 Å². The third kappa shape index (κ3) is 5.68. The van der Waals surface area contributed by atoms with Crippen LogP contribution >= 0.6 is 11.3 Å². The van der Waals surface area contributed by atoms with Gasteiger partial charge in [-0.15, -0.1) is 0 Å². The summed E-state index contributed by atoms with van der Waals surface area (Å²) in [5.41, 5.74) is 5.25. The Morgan fingerprint density at radius 3 is 2.46 bits per heavy atom. The van der Waals surface area contributed by atoms with Gasteiger partial charge in [0.1, 0.15) is 0 Å². The predicted octanol–water partition coefficient (Wildman–Crippen LogP) is 4.87. The van der Waals surface area contributed by atoms with Gasteiger partial charge in [-0.1, -0.05) is 60.4 Å². The molecular formula is C24H21NO2S. The van der Waals surface area contributed by atoms with E-state index in [-0.39, 0.29) is 6.54 Å². The van der Waals surface area contributed by atoms with Gasteiger partial charge >= 0.3 is 5.97 Å². The maximum absolute atomic E-state index is 10.9. The van der Waals surface area contributed by atoms with Crippen LogP contribution in [0.4, 0.5) is 0 Å². The molecule has 0 unspecified atom stereocenters. The zero-order chi connectivity index (χ0) is 19.8. The fraction of sp³-hybridized carbons (Fsp3) is 0.125. The Bertz CT molecular complexity index is 994. The van der Waals surface area contributed by atoms with Gasteiger partial charge in [0.2, 0.25) is 0 Å². The normalized spacial score (nSPS) is 11.1. The van der Waals surface area contributed by atoms with Gasteiger partial charge in [-0.25, -0.2) is 0 Å². The van der Waals surface area contributed by atoms with Crippen molar-refractivity contribution in [2.24, 2.45) is 0 Å². The highest BCUT2D eigenvalue weighted by Crippen LogP contribution is 2.22. The Morgan fingerprint density at radius 1 is 1.07 bits per heavy atom. The number of rotatable bonds is 6. The van der Waals surface area contributed by atoms with E-state index in [1.807, 2.05) is 48.5 Å². The average molecular weight is 388 g/mol. The van der Waals surface area contributed by atoms with Crippen molar-refractivity contribution in [1.29, 1.82) is 0 Å². The van der Waals surface area contributed by atoms with Gasteiger partial charge < -0.3 is 5.11 Å². The summed E-state index contributed by atoms with van der Waals surface area (Å²) in [6.07, 6.45) is 1.98. The highest BCUT2D eigenvalue weighted by Gasteiger charge is 2.04. The maximum Gasteiger partial charge on any atom is 0.317 e. The molecule has 1 heterocycles. The van der Waals surface area contributed by atoms with Crippen LogP contribution in [0, 0.1) is 11.8 Å². The number of thiophene rings is 1. The first-order chi connectivity index (χ1) is 13.6. The van der Waals surface area contributed by atoms with E-state index in [2.05, 4.69) is 40.8 Å². The fourth-order valence-corrected chi connectivity index (χ4v) is 3.38. The molecular weight excluding hydrogens is 366 g/mol. The zero-order valence-electron chi connectivity index (χ0n) is 15.6. The Morgan fingerprint density at radius 2 is 1.82 bits per heavy atom. The lowest BCUT2D eigenvalue weighted by Gasteiger charge is -2.11. The Labute approximate surface area is 169 Å². The highest BCUT2D eigenvalue weighted by molar-refractivity contribution is 7.08.